The van der Waals surface area contributed by atoms with Crippen molar-refractivity contribution in [2.45, 2.75) is 10.8 Å². The number of hydrogen-bond donors (Lipinski definition) is 0. The first-order valence-electron chi connectivity index (χ1n) is 10.2. The molecule has 0 spiro atoms. The van der Waals surface area contributed by atoms with Crippen LogP contribution in [-0.4, -0.2) is 48.1 Å². The second kappa shape index (κ2) is 8.86. The van der Waals surface area contributed by atoms with Gasteiger partial charge in [-0.3, -0.25) is 9.78 Å². The van der Waals surface area contributed by atoms with Crippen LogP contribution in [0, 0.1) is 0 Å². The summed E-state index contributed by atoms with van der Waals surface area (Å²) in [7, 11) is -3.79. The average molecular weight is 513 g/mol. The van der Waals surface area contributed by atoms with E-state index in [1.165, 1.54) is 4.31 Å². The lowest BCUT2D eigenvalue weighted by molar-refractivity contribution is -0.134. The molecule has 5 rings (SSSR count). The summed E-state index contributed by atoms with van der Waals surface area (Å²) >= 11 is 7.17. The molecule has 1 amide bonds. The molecule has 1 aliphatic rings. The second-order valence-electron chi connectivity index (χ2n) is 7.77. The van der Waals surface area contributed by atoms with E-state index in [9.17, 15) is 13.2 Å². The highest BCUT2D eigenvalue weighted by Crippen LogP contribution is 2.33. The van der Waals surface area contributed by atoms with Crippen LogP contribution in [0.1, 0.15) is 5.56 Å². The zero-order chi connectivity index (χ0) is 23.9. The van der Waals surface area contributed by atoms with E-state index >= 15 is 0 Å². The summed E-state index contributed by atoms with van der Waals surface area (Å²) in [5, 5.41) is 5.73. The van der Waals surface area contributed by atoms with Gasteiger partial charge in [-0.15, -0.1) is 11.3 Å². The summed E-state index contributed by atoms with van der Waals surface area (Å²) in [5.41, 5.74) is 10.7. The van der Waals surface area contributed by atoms with E-state index in [1.54, 1.807) is 47.5 Å². The van der Waals surface area contributed by atoms with Gasteiger partial charge in [-0.25, -0.2) is 8.42 Å². The fourth-order valence-electron chi connectivity index (χ4n) is 3.93. The third kappa shape index (κ3) is 4.20. The van der Waals surface area contributed by atoms with Crippen LogP contribution < -0.4 is 0 Å². The average Bonchev–Trinajstić information content (AvgIpc) is 3.25. The van der Waals surface area contributed by atoms with Gasteiger partial charge in [0, 0.05) is 51.5 Å². The zero-order valence-corrected chi connectivity index (χ0v) is 20.0. The Balaban J connectivity index is 1.32. The monoisotopic (exact) mass is 512 g/mol. The lowest BCUT2D eigenvalue weighted by atomic mass is 10.1. The first-order valence-corrected chi connectivity index (χ1v) is 12.9. The number of nitrogens with zero attached hydrogens (tertiary/aromatic N) is 6. The first kappa shape index (κ1) is 22.6. The second-order valence-corrected chi connectivity index (χ2v) is 11.5. The van der Waals surface area contributed by atoms with Gasteiger partial charge < -0.3 is 4.90 Å². The van der Waals surface area contributed by atoms with Crippen LogP contribution in [0.25, 0.3) is 31.4 Å². The molecule has 0 aliphatic carbocycles. The van der Waals surface area contributed by atoms with Gasteiger partial charge in [-0.05, 0) is 46.8 Å². The first-order chi connectivity index (χ1) is 16.3. The van der Waals surface area contributed by atoms with Crippen molar-refractivity contribution in [3.63, 3.8) is 0 Å². The highest BCUT2D eigenvalue weighted by molar-refractivity contribution is 7.91. The Labute approximate surface area is 203 Å². The number of carbonyl (C=O) groups is 1. The molecular formula is C22H17ClN6O3S2. The molecule has 2 aromatic carbocycles. The van der Waals surface area contributed by atoms with Crippen molar-refractivity contribution >= 4 is 65.5 Å². The van der Waals surface area contributed by atoms with E-state index in [0.717, 1.165) is 32.4 Å². The molecule has 0 N–H and O–H groups in total. The minimum Gasteiger partial charge on any atom is -0.336 e. The summed E-state index contributed by atoms with van der Waals surface area (Å²) in [6, 6.07) is 14.0. The van der Waals surface area contributed by atoms with Crippen LogP contribution in [0.3, 0.4) is 0 Å². The van der Waals surface area contributed by atoms with Crippen LogP contribution in [0.15, 0.2) is 64.1 Å². The number of thiophene rings is 1. The van der Waals surface area contributed by atoms with Gasteiger partial charge in [0.1, 0.15) is 4.21 Å². The van der Waals surface area contributed by atoms with Crippen molar-refractivity contribution in [2.75, 3.05) is 19.6 Å². The van der Waals surface area contributed by atoms with Gasteiger partial charge in [0.2, 0.25) is 5.91 Å². The van der Waals surface area contributed by atoms with E-state index in [2.05, 4.69) is 15.0 Å². The van der Waals surface area contributed by atoms with E-state index in [4.69, 9.17) is 17.1 Å². The SMILES string of the molecule is [N-]=[N+]=Nc1ccnc2cc(CN3CCN(S(=O)(=O)c4cc5ccc(Cl)cc5s4)CC3=O)ccc12. The molecule has 1 fully saturated rings. The lowest BCUT2D eigenvalue weighted by Crippen LogP contribution is -2.51. The summed E-state index contributed by atoms with van der Waals surface area (Å²) in [4.78, 5) is 21.6. The number of pyridine rings is 1. The maximum atomic E-state index is 13.2. The number of sulfonamides is 1. The number of hydrogen-bond acceptors (Lipinski definition) is 6. The van der Waals surface area contributed by atoms with Crippen LogP contribution in [-0.2, 0) is 21.4 Å². The molecule has 0 bridgehead atoms. The molecule has 0 radical (unpaired) electrons. The van der Waals surface area contributed by atoms with Crippen molar-refractivity contribution in [1.29, 1.82) is 0 Å². The Morgan fingerprint density at radius 3 is 2.79 bits per heavy atom. The Morgan fingerprint density at radius 1 is 1.15 bits per heavy atom. The largest absolute Gasteiger partial charge is 0.336 e. The van der Waals surface area contributed by atoms with Crippen LogP contribution in [0.2, 0.25) is 5.02 Å². The molecule has 1 aliphatic heterocycles. The van der Waals surface area contributed by atoms with Crippen molar-refractivity contribution in [2.24, 2.45) is 5.11 Å². The lowest BCUT2D eigenvalue weighted by Gasteiger charge is -2.33. The summed E-state index contributed by atoms with van der Waals surface area (Å²) in [6.07, 6.45) is 1.56. The molecule has 0 unspecified atom stereocenters. The van der Waals surface area contributed by atoms with Gasteiger partial charge in [0.05, 0.1) is 12.1 Å². The number of benzene rings is 2. The Kier molecular flexibility index (Phi) is 5.88. The minimum absolute atomic E-state index is 0.197. The summed E-state index contributed by atoms with van der Waals surface area (Å²) in [6.45, 7) is 0.594. The van der Waals surface area contributed by atoms with Crippen molar-refractivity contribution in [3.05, 3.63) is 75.8 Å². The Hall–Kier alpha value is -3.21. The predicted molar refractivity (Wildman–Crippen MR) is 132 cm³/mol. The molecule has 12 heteroatoms. The van der Waals surface area contributed by atoms with Crippen molar-refractivity contribution in [1.82, 2.24) is 14.2 Å². The van der Waals surface area contributed by atoms with Crippen LogP contribution >= 0.6 is 22.9 Å². The van der Waals surface area contributed by atoms with E-state index in [0.29, 0.717) is 22.8 Å². The zero-order valence-electron chi connectivity index (χ0n) is 17.6. The van der Waals surface area contributed by atoms with Gasteiger partial charge >= 0.3 is 0 Å². The molecule has 4 aromatic rings. The minimum atomic E-state index is -3.79. The number of azide groups is 1. The highest BCUT2D eigenvalue weighted by atomic mass is 35.5. The number of amides is 1. The number of halogens is 1. The third-order valence-corrected chi connectivity index (χ3v) is 9.27. The van der Waals surface area contributed by atoms with Crippen molar-refractivity contribution < 1.29 is 13.2 Å². The van der Waals surface area contributed by atoms with Crippen LogP contribution in [0.4, 0.5) is 5.69 Å². The molecule has 3 heterocycles. The molecule has 1 saturated heterocycles. The number of rotatable bonds is 5. The molecule has 9 nitrogen and oxygen atoms in total. The normalized spacial score (nSPS) is 15.1. The molecule has 172 valence electrons. The molecule has 0 atom stereocenters. The molecule has 2 aromatic heterocycles. The number of piperazine rings is 1. The quantitative estimate of drug-likeness (QED) is 0.210. The number of carbonyl (C=O) groups excluding carboxylic acids is 1. The standard InChI is InChI=1S/C22H17ClN6O3S2/c23-16-3-2-15-10-22(33-20(15)11-16)34(31,32)29-8-7-28(21(30)13-29)12-14-1-4-17-18(26-27-24)5-6-25-19(17)9-14/h1-6,9-11H,7-8,12-13H2. The third-order valence-electron chi connectivity index (χ3n) is 5.65. The van der Waals surface area contributed by atoms with Crippen molar-refractivity contribution in [3.8, 4) is 0 Å². The Bertz CT molecular complexity index is 1600. The maximum Gasteiger partial charge on any atom is 0.253 e. The number of aromatic nitrogens is 1. The Morgan fingerprint density at radius 2 is 2.00 bits per heavy atom. The predicted octanol–water partition coefficient (Wildman–Crippen LogP) is 5.08. The summed E-state index contributed by atoms with van der Waals surface area (Å²) in [5.74, 6) is -0.269. The van der Waals surface area contributed by atoms with Gasteiger partial charge in [-0.1, -0.05) is 34.9 Å². The smallest absolute Gasteiger partial charge is 0.253 e. The molecular weight excluding hydrogens is 496 g/mol. The fourth-order valence-corrected chi connectivity index (χ4v) is 7.14. The van der Waals surface area contributed by atoms with E-state index < -0.39 is 10.0 Å². The molecule has 34 heavy (non-hydrogen) atoms. The summed E-state index contributed by atoms with van der Waals surface area (Å²) < 4.78 is 28.6. The topological polar surface area (TPSA) is 119 Å². The highest BCUT2D eigenvalue weighted by Gasteiger charge is 2.34. The fraction of sp³-hybridized carbons (Fsp3) is 0.182. The van der Waals surface area contributed by atoms with Gasteiger partial charge in [-0.2, -0.15) is 4.31 Å². The number of fused-ring (bicyclic) bond motifs is 2. The van der Waals surface area contributed by atoms with E-state index in [1.807, 2.05) is 12.1 Å². The van der Waals surface area contributed by atoms with E-state index in [-0.39, 0.29) is 29.8 Å². The van der Waals surface area contributed by atoms with Gasteiger partial charge in [0.15, 0.2) is 0 Å². The maximum absolute atomic E-state index is 13.2. The van der Waals surface area contributed by atoms with Crippen LogP contribution in [0.5, 0.6) is 0 Å². The molecule has 0 saturated carbocycles. The van der Waals surface area contributed by atoms with Gasteiger partial charge in [0.25, 0.3) is 10.0 Å².